The summed E-state index contributed by atoms with van der Waals surface area (Å²) in [7, 11) is -1.50. The van der Waals surface area contributed by atoms with E-state index in [2.05, 4.69) is 31.9 Å². The Morgan fingerprint density at radius 1 is 0.625 bits per heavy atom. The summed E-state index contributed by atoms with van der Waals surface area (Å²) in [5, 5.41) is 0.948. The number of hydrogen-bond acceptors (Lipinski definition) is 3. The van der Waals surface area contributed by atoms with Crippen LogP contribution in [-0.4, -0.2) is 4.21 Å². The number of halogens is 4. The van der Waals surface area contributed by atoms with E-state index in [0.717, 1.165) is 31.2 Å². The van der Waals surface area contributed by atoms with E-state index in [0.29, 0.717) is 31.2 Å². The molecular weight excluding hydrogens is 595 g/mol. The van der Waals surface area contributed by atoms with Gasteiger partial charge in [-0.3, -0.25) is 0 Å². The average Bonchev–Trinajstić information content (AvgIpc) is 2.77. The molecule has 0 radical (unpaired) electrons. The lowest BCUT2D eigenvalue weighted by molar-refractivity contribution is 0.683. The Labute approximate surface area is 215 Å². The minimum absolute atomic E-state index is 0.460. The minimum Gasteiger partial charge on any atom is -0.398 e. The van der Waals surface area contributed by atoms with Gasteiger partial charge in [0.25, 0.3) is 0 Å². The van der Waals surface area contributed by atoms with Crippen molar-refractivity contribution < 1.29 is 4.21 Å². The van der Waals surface area contributed by atoms with Crippen LogP contribution in [0.3, 0.4) is 0 Å². The number of benzene rings is 4. The molecule has 162 valence electrons. The third-order valence-corrected chi connectivity index (χ3v) is 8.08. The Kier molecular flexibility index (Phi) is 6.98. The van der Waals surface area contributed by atoms with Gasteiger partial charge in [-0.15, -0.1) is 0 Å². The fraction of sp³-hybridized carbons (Fsp3) is 0. The number of nitrogen functional groups attached to an aromatic ring is 2. The molecule has 4 rings (SSSR count). The summed E-state index contributed by atoms with van der Waals surface area (Å²) in [6.07, 6.45) is 0. The predicted octanol–water partition coefficient (Wildman–Crippen LogP) is 8.18. The van der Waals surface area contributed by atoms with E-state index in [9.17, 15) is 4.21 Å². The topological polar surface area (TPSA) is 69.1 Å². The molecule has 0 spiro atoms. The maximum Gasteiger partial charge on any atom is 0.0862 e. The Morgan fingerprint density at radius 2 is 1.03 bits per heavy atom. The van der Waals surface area contributed by atoms with Gasteiger partial charge in [0, 0.05) is 8.95 Å². The van der Waals surface area contributed by atoms with Crippen molar-refractivity contribution >= 4 is 77.2 Å². The molecule has 4 N–H and O–H groups in total. The normalized spacial score (nSPS) is 11.2. The summed E-state index contributed by atoms with van der Waals surface area (Å²) in [5.74, 6) is 0. The van der Waals surface area contributed by atoms with Crippen LogP contribution < -0.4 is 11.5 Å². The lowest BCUT2D eigenvalue weighted by atomic mass is 10.0. The van der Waals surface area contributed by atoms with Crippen molar-refractivity contribution in [2.75, 3.05) is 11.5 Å². The van der Waals surface area contributed by atoms with E-state index < -0.39 is 10.8 Å². The van der Waals surface area contributed by atoms with Crippen molar-refractivity contribution in [2.45, 2.75) is 9.79 Å². The van der Waals surface area contributed by atoms with Crippen molar-refractivity contribution in [3.05, 3.63) is 91.8 Å². The molecule has 0 saturated carbocycles. The van der Waals surface area contributed by atoms with Gasteiger partial charge in [0.05, 0.1) is 42.0 Å². The fourth-order valence-electron chi connectivity index (χ4n) is 3.32. The molecular formula is C24H16Br2Cl2N2OS. The van der Waals surface area contributed by atoms with Crippen LogP contribution in [0, 0.1) is 0 Å². The summed E-state index contributed by atoms with van der Waals surface area (Å²) in [6, 6.07) is 22.1. The van der Waals surface area contributed by atoms with Crippen molar-refractivity contribution in [3.8, 4) is 22.3 Å². The first-order valence-electron chi connectivity index (χ1n) is 9.36. The van der Waals surface area contributed by atoms with E-state index in [1.54, 1.807) is 24.3 Å². The molecule has 0 fully saturated rings. The molecule has 0 aliphatic rings. The fourth-order valence-corrected chi connectivity index (χ4v) is 5.65. The van der Waals surface area contributed by atoms with Crippen molar-refractivity contribution in [2.24, 2.45) is 0 Å². The number of hydrogen-bond donors (Lipinski definition) is 2. The first-order valence-corrected chi connectivity index (χ1v) is 12.9. The molecule has 0 aliphatic carbocycles. The highest BCUT2D eigenvalue weighted by atomic mass is 79.9. The first-order chi connectivity index (χ1) is 15.2. The van der Waals surface area contributed by atoms with Crippen LogP contribution in [0.15, 0.2) is 91.5 Å². The first kappa shape index (κ1) is 23.3. The van der Waals surface area contributed by atoms with E-state index in [1.165, 1.54) is 0 Å². The molecule has 32 heavy (non-hydrogen) atoms. The third-order valence-electron chi connectivity index (χ3n) is 4.90. The monoisotopic (exact) mass is 608 g/mol. The van der Waals surface area contributed by atoms with Gasteiger partial charge in [0.15, 0.2) is 0 Å². The van der Waals surface area contributed by atoms with Gasteiger partial charge < -0.3 is 11.5 Å². The van der Waals surface area contributed by atoms with Crippen LogP contribution >= 0.6 is 55.1 Å². The van der Waals surface area contributed by atoms with Crippen LogP contribution in [0.2, 0.25) is 10.0 Å². The van der Waals surface area contributed by atoms with Gasteiger partial charge in [-0.1, -0.05) is 67.2 Å². The molecule has 0 saturated heterocycles. The Bertz CT molecular complexity index is 1280. The number of rotatable bonds is 4. The largest absolute Gasteiger partial charge is 0.398 e. The van der Waals surface area contributed by atoms with Crippen molar-refractivity contribution in [3.63, 3.8) is 0 Å². The Morgan fingerprint density at radius 3 is 1.41 bits per heavy atom. The smallest absolute Gasteiger partial charge is 0.0862 e. The molecule has 4 aromatic rings. The molecule has 0 amide bonds. The maximum atomic E-state index is 13.9. The molecule has 0 bridgehead atoms. The highest BCUT2D eigenvalue weighted by Crippen LogP contribution is 2.38. The molecule has 3 nitrogen and oxygen atoms in total. The predicted molar refractivity (Wildman–Crippen MR) is 143 cm³/mol. The van der Waals surface area contributed by atoms with Crippen LogP contribution in [0.25, 0.3) is 22.3 Å². The summed E-state index contributed by atoms with van der Waals surface area (Å²) < 4.78 is 15.7. The van der Waals surface area contributed by atoms with Crippen LogP contribution in [0.1, 0.15) is 0 Å². The van der Waals surface area contributed by atoms with Crippen LogP contribution in [0.5, 0.6) is 0 Å². The SMILES string of the molecule is Nc1cc(-c2cc(Br)ccc2S(=O)c2ccc(Br)cc2-c2ccc(Cl)c(N)c2)ccc1Cl. The zero-order valence-electron chi connectivity index (χ0n) is 16.4. The standard InChI is InChI=1S/C24H16Br2Cl2N2OS/c25-15-3-7-23(17(11-15)13-1-5-19(27)21(29)9-13)32(31)24-8-4-16(26)12-18(24)14-2-6-20(28)22(30)10-14/h1-12H,29-30H2. The molecule has 4 aromatic carbocycles. The third kappa shape index (κ3) is 4.75. The molecule has 0 aromatic heterocycles. The Hall–Kier alpha value is -1.83. The van der Waals surface area contributed by atoms with E-state index >= 15 is 0 Å². The van der Waals surface area contributed by atoms with E-state index in [-0.39, 0.29) is 0 Å². The molecule has 0 heterocycles. The zero-order valence-corrected chi connectivity index (χ0v) is 21.9. The molecule has 0 unspecified atom stereocenters. The summed E-state index contributed by atoms with van der Waals surface area (Å²) in [6.45, 7) is 0. The Balaban J connectivity index is 1.89. The number of anilines is 2. The number of nitrogens with two attached hydrogens (primary N) is 2. The minimum atomic E-state index is -1.50. The molecule has 0 atom stereocenters. The highest BCUT2D eigenvalue weighted by Gasteiger charge is 2.19. The average molecular weight is 611 g/mol. The second kappa shape index (κ2) is 9.57. The van der Waals surface area contributed by atoms with Crippen molar-refractivity contribution in [1.82, 2.24) is 0 Å². The zero-order chi connectivity index (χ0) is 23.0. The van der Waals surface area contributed by atoms with Gasteiger partial charge in [-0.25, -0.2) is 4.21 Å². The van der Waals surface area contributed by atoms with Crippen molar-refractivity contribution in [1.29, 1.82) is 0 Å². The lowest BCUT2D eigenvalue weighted by Gasteiger charge is -2.15. The van der Waals surface area contributed by atoms with E-state index in [1.807, 2.05) is 48.5 Å². The summed E-state index contributed by atoms with van der Waals surface area (Å²) in [4.78, 5) is 1.31. The van der Waals surface area contributed by atoms with Gasteiger partial charge in [-0.2, -0.15) is 0 Å². The van der Waals surface area contributed by atoms with Crippen LogP contribution in [-0.2, 0) is 10.8 Å². The highest BCUT2D eigenvalue weighted by molar-refractivity contribution is 9.10. The maximum absolute atomic E-state index is 13.9. The molecule has 8 heteroatoms. The summed E-state index contributed by atoms with van der Waals surface area (Å²) >= 11 is 19.3. The van der Waals surface area contributed by atoms with Gasteiger partial charge in [0.2, 0.25) is 0 Å². The van der Waals surface area contributed by atoms with E-state index in [4.69, 9.17) is 34.7 Å². The van der Waals surface area contributed by atoms with Crippen LogP contribution in [0.4, 0.5) is 11.4 Å². The molecule has 0 aliphatic heterocycles. The van der Waals surface area contributed by atoms with Gasteiger partial charge >= 0.3 is 0 Å². The quantitative estimate of drug-likeness (QED) is 0.229. The second-order valence-electron chi connectivity index (χ2n) is 7.02. The summed E-state index contributed by atoms with van der Waals surface area (Å²) in [5.41, 5.74) is 16.2. The van der Waals surface area contributed by atoms with Gasteiger partial charge in [0.1, 0.15) is 0 Å². The lowest BCUT2D eigenvalue weighted by Crippen LogP contribution is -2.00. The second-order valence-corrected chi connectivity index (χ2v) is 11.1. The van der Waals surface area contributed by atoms with Gasteiger partial charge in [-0.05, 0) is 82.9 Å².